The van der Waals surface area contributed by atoms with E-state index in [2.05, 4.69) is 22.3 Å². The van der Waals surface area contributed by atoms with Crippen LogP contribution in [0.4, 0.5) is 0 Å². The maximum absolute atomic E-state index is 12.8. The van der Waals surface area contributed by atoms with Crippen LogP contribution >= 0.6 is 0 Å². The lowest BCUT2D eigenvalue weighted by Crippen LogP contribution is -2.43. The number of carbonyl (C=O) groups is 1. The van der Waals surface area contributed by atoms with Gasteiger partial charge in [-0.2, -0.15) is 0 Å². The molecule has 1 fully saturated rings. The Bertz CT molecular complexity index is 757. The zero-order valence-corrected chi connectivity index (χ0v) is 17.5. The maximum atomic E-state index is 12.8. The number of nitrogens with zero attached hydrogens (tertiary/aromatic N) is 1. The Morgan fingerprint density at radius 2 is 1.69 bits per heavy atom. The molecule has 1 aliphatic rings. The lowest BCUT2D eigenvalue weighted by atomic mass is 9.94. The van der Waals surface area contributed by atoms with E-state index in [9.17, 15) is 4.79 Å². The number of hydrogen-bond acceptors (Lipinski definition) is 4. The van der Waals surface area contributed by atoms with Crippen LogP contribution < -0.4 is 15.8 Å². The average molecular weight is 396 g/mol. The van der Waals surface area contributed by atoms with E-state index in [0.29, 0.717) is 6.54 Å². The van der Waals surface area contributed by atoms with Crippen molar-refractivity contribution < 1.29 is 9.53 Å². The molecule has 29 heavy (non-hydrogen) atoms. The molecule has 0 aliphatic carbocycles. The minimum atomic E-state index is -0.314. The van der Waals surface area contributed by atoms with Crippen molar-refractivity contribution in [2.24, 2.45) is 11.7 Å². The summed E-state index contributed by atoms with van der Waals surface area (Å²) in [6.07, 6.45) is 3.69. The number of ether oxygens (including phenoxy) is 1. The predicted molar refractivity (Wildman–Crippen MR) is 117 cm³/mol. The predicted octanol–water partition coefficient (Wildman–Crippen LogP) is 3.67. The van der Waals surface area contributed by atoms with Gasteiger partial charge in [0, 0.05) is 12.6 Å². The molecule has 0 bridgehead atoms. The van der Waals surface area contributed by atoms with Crippen molar-refractivity contribution in [1.29, 1.82) is 0 Å². The minimum absolute atomic E-state index is 0.00289. The van der Waals surface area contributed by atoms with Gasteiger partial charge in [0.15, 0.2) is 0 Å². The molecule has 1 saturated heterocycles. The first-order valence-electron chi connectivity index (χ1n) is 10.6. The zero-order chi connectivity index (χ0) is 20.6. The van der Waals surface area contributed by atoms with Crippen LogP contribution in [0.2, 0.25) is 0 Å². The Labute approximate surface area is 174 Å². The van der Waals surface area contributed by atoms with E-state index in [0.717, 1.165) is 24.4 Å². The SMILES string of the molecule is COc1ccc(C(CNC(=O)C(C)C(N)c2ccccc2)N2CCCCC2)cc1. The van der Waals surface area contributed by atoms with Crippen molar-refractivity contribution in [2.75, 3.05) is 26.7 Å². The minimum Gasteiger partial charge on any atom is -0.497 e. The highest BCUT2D eigenvalue weighted by Gasteiger charge is 2.26. The average Bonchev–Trinajstić information content (AvgIpc) is 2.79. The standard InChI is InChI=1S/C24H33N3O2/c1-18(23(25)20-9-5-3-6-10-20)24(28)26-17-22(27-15-7-4-8-16-27)19-11-13-21(29-2)14-12-19/h3,5-6,9-14,18,22-23H,4,7-8,15-17,25H2,1-2H3,(H,26,28). The largest absolute Gasteiger partial charge is 0.497 e. The van der Waals surface area contributed by atoms with Gasteiger partial charge in [0.2, 0.25) is 5.91 Å². The van der Waals surface area contributed by atoms with Gasteiger partial charge < -0.3 is 15.8 Å². The van der Waals surface area contributed by atoms with Crippen molar-refractivity contribution in [3.63, 3.8) is 0 Å². The molecular formula is C24H33N3O2. The number of methoxy groups -OCH3 is 1. The van der Waals surface area contributed by atoms with E-state index < -0.39 is 0 Å². The highest BCUT2D eigenvalue weighted by molar-refractivity contribution is 5.79. The third kappa shape index (κ3) is 5.58. The van der Waals surface area contributed by atoms with Crippen LogP contribution in [0.3, 0.4) is 0 Å². The first kappa shape index (κ1) is 21.3. The summed E-state index contributed by atoms with van der Waals surface area (Å²) < 4.78 is 5.30. The molecule has 3 unspecified atom stereocenters. The smallest absolute Gasteiger partial charge is 0.224 e. The van der Waals surface area contributed by atoms with Crippen LogP contribution in [-0.2, 0) is 4.79 Å². The normalized spacial score (nSPS) is 17.9. The van der Waals surface area contributed by atoms with Crippen molar-refractivity contribution >= 4 is 5.91 Å². The van der Waals surface area contributed by atoms with Gasteiger partial charge in [-0.25, -0.2) is 0 Å². The van der Waals surface area contributed by atoms with Crippen LogP contribution in [0.1, 0.15) is 49.4 Å². The lowest BCUT2D eigenvalue weighted by molar-refractivity contribution is -0.125. The molecule has 0 saturated carbocycles. The molecule has 2 aromatic carbocycles. The van der Waals surface area contributed by atoms with Gasteiger partial charge in [-0.15, -0.1) is 0 Å². The van der Waals surface area contributed by atoms with E-state index in [1.807, 2.05) is 49.4 Å². The molecule has 0 aromatic heterocycles. The number of benzene rings is 2. The number of nitrogens with one attached hydrogen (secondary N) is 1. The molecule has 5 nitrogen and oxygen atoms in total. The fourth-order valence-corrected chi connectivity index (χ4v) is 4.00. The van der Waals surface area contributed by atoms with Gasteiger partial charge in [-0.1, -0.05) is 55.8 Å². The Balaban J connectivity index is 1.67. The summed E-state index contributed by atoms with van der Waals surface area (Å²) in [5, 5.41) is 3.17. The third-order valence-electron chi connectivity index (χ3n) is 5.94. The lowest BCUT2D eigenvalue weighted by Gasteiger charge is -2.35. The molecule has 0 spiro atoms. The Kier molecular flexibility index (Phi) is 7.67. The van der Waals surface area contributed by atoms with Gasteiger partial charge >= 0.3 is 0 Å². The summed E-state index contributed by atoms with van der Waals surface area (Å²) in [6.45, 7) is 4.60. The number of amides is 1. The second kappa shape index (κ2) is 10.4. The van der Waals surface area contributed by atoms with Gasteiger partial charge in [0.05, 0.1) is 19.1 Å². The summed E-state index contributed by atoms with van der Waals surface area (Å²) in [5.74, 6) is 0.546. The first-order chi connectivity index (χ1) is 14.1. The zero-order valence-electron chi connectivity index (χ0n) is 17.5. The topological polar surface area (TPSA) is 67.6 Å². The van der Waals surface area contributed by atoms with Crippen molar-refractivity contribution in [3.8, 4) is 5.75 Å². The third-order valence-corrected chi connectivity index (χ3v) is 5.94. The number of piperidine rings is 1. The highest BCUT2D eigenvalue weighted by atomic mass is 16.5. The van der Waals surface area contributed by atoms with Gasteiger partial charge in [-0.3, -0.25) is 9.69 Å². The Hall–Kier alpha value is -2.37. The Morgan fingerprint density at radius 1 is 1.03 bits per heavy atom. The molecule has 0 radical (unpaired) electrons. The number of likely N-dealkylation sites (tertiary alicyclic amines) is 1. The first-order valence-corrected chi connectivity index (χ1v) is 10.6. The van der Waals surface area contributed by atoms with Gasteiger partial charge in [0.25, 0.3) is 0 Å². The van der Waals surface area contributed by atoms with Crippen molar-refractivity contribution in [2.45, 2.75) is 38.3 Å². The van der Waals surface area contributed by atoms with Crippen LogP contribution in [0.5, 0.6) is 5.75 Å². The van der Waals surface area contributed by atoms with Gasteiger partial charge in [-0.05, 0) is 49.2 Å². The van der Waals surface area contributed by atoms with E-state index in [1.54, 1.807) is 7.11 Å². The quantitative estimate of drug-likeness (QED) is 0.716. The fourth-order valence-electron chi connectivity index (χ4n) is 4.00. The summed E-state index contributed by atoms with van der Waals surface area (Å²) in [4.78, 5) is 15.3. The molecule has 1 aliphatic heterocycles. The molecule has 3 N–H and O–H groups in total. The van der Waals surface area contributed by atoms with Crippen LogP contribution in [0.25, 0.3) is 0 Å². The van der Waals surface area contributed by atoms with Crippen molar-refractivity contribution in [1.82, 2.24) is 10.2 Å². The molecule has 1 amide bonds. The van der Waals surface area contributed by atoms with E-state index in [4.69, 9.17) is 10.5 Å². The molecule has 1 heterocycles. The molecule has 3 atom stereocenters. The summed E-state index contributed by atoms with van der Waals surface area (Å²) in [5.41, 5.74) is 8.53. The Morgan fingerprint density at radius 3 is 2.31 bits per heavy atom. The fraction of sp³-hybridized carbons (Fsp3) is 0.458. The summed E-state index contributed by atoms with van der Waals surface area (Å²) >= 11 is 0. The van der Waals surface area contributed by atoms with Gasteiger partial charge in [0.1, 0.15) is 5.75 Å². The van der Waals surface area contributed by atoms with Crippen LogP contribution in [-0.4, -0.2) is 37.6 Å². The number of hydrogen-bond donors (Lipinski definition) is 2. The molecule has 156 valence electrons. The van der Waals surface area contributed by atoms with E-state index in [1.165, 1.54) is 24.8 Å². The van der Waals surface area contributed by atoms with E-state index in [-0.39, 0.29) is 23.9 Å². The van der Waals surface area contributed by atoms with E-state index >= 15 is 0 Å². The van der Waals surface area contributed by atoms with Crippen molar-refractivity contribution in [3.05, 3.63) is 65.7 Å². The van der Waals surface area contributed by atoms with Crippen LogP contribution in [0, 0.1) is 5.92 Å². The molecule has 3 rings (SSSR count). The molecular weight excluding hydrogens is 362 g/mol. The van der Waals surface area contributed by atoms with Crippen LogP contribution in [0.15, 0.2) is 54.6 Å². The molecule has 5 heteroatoms. The second-order valence-electron chi connectivity index (χ2n) is 7.86. The summed E-state index contributed by atoms with van der Waals surface area (Å²) in [7, 11) is 1.68. The highest BCUT2D eigenvalue weighted by Crippen LogP contribution is 2.26. The maximum Gasteiger partial charge on any atom is 0.224 e. The monoisotopic (exact) mass is 395 g/mol. The second-order valence-corrected chi connectivity index (χ2v) is 7.86. The number of carbonyl (C=O) groups excluding carboxylic acids is 1. The number of rotatable bonds is 8. The summed E-state index contributed by atoms with van der Waals surface area (Å²) in [6, 6.07) is 17.8. The molecule has 2 aromatic rings. The number of nitrogens with two attached hydrogens (primary N) is 1.